The molecular weight excluding hydrogens is 283 g/mol. The van der Waals surface area contributed by atoms with Crippen molar-refractivity contribution < 1.29 is 4.79 Å². The molecule has 19 heavy (non-hydrogen) atoms. The molecule has 3 nitrogen and oxygen atoms in total. The van der Waals surface area contributed by atoms with Gasteiger partial charge in [-0.05, 0) is 38.1 Å². The number of rotatable bonds is 6. The standard InChI is InChI=1S/C14H20Cl2N2O/c1-3-18(4-2)13(19)8-10(9-17)14-11(15)6-5-7-12(14)16/h5-7,10H,3-4,8-9,17H2,1-2H3. The van der Waals surface area contributed by atoms with Crippen LogP contribution in [0, 0.1) is 0 Å². The highest BCUT2D eigenvalue weighted by atomic mass is 35.5. The maximum Gasteiger partial charge on any atom is 0.223 e. The number of nitrogens with zero attached hydrogens (tertiary/aromatic N) is 1. The Labute approximate surface area is 124 Å². The monoisotopic (exact) mass is 302 g/mol. The zero-order chi connectivity index (χ0) is 14.4. The van der Waals surface area contributed by atoms with Crippen molar-refractivity contribution in [2.24, 2.45) is 5.73 Å². The minimum atomic E-state index is -0.144. The minimum absolute atomic E-state index is 0.0800. The van der Waals surface area contributed by atoms with E-state index in [9.17, 15) is 4.79 Å². The molecule has 2 N–H and O–H groups in total. The van der Waals surface area contributed by atoms with Crippen LogP contribution in [0.4, 0.5) is 0 Å². The summed E-state index contributed by atoms with van der Waals surface area (Å²) in [6.07, 6.45) is 0.335. The quantitative estimate of drug-likeness (QED) is 0.876. The molecule has 5 heteroatoms. The van der Waals surface area contributed by atoms with Crippen LogP contribution >= 0.6 is 23.2 Å². The molecule has 0 radical (unpaired) electrons. The number of carbonyl (C=O) groups excluding carboxylic acids is 1. The zero-order valence-electron chi connectivity index (χ0n) is 11.3. The maximum atomic E-state index is 12.2. The predicted molar refractivity (Wildman–Crippen MR) is 80.8 cm³/mol. The molecule has 0 saturated heterocycles. The highest BCUT2D eigenvalue weighted by molar-refractivity contribution is 6.36. The molecule has 1 aromatic rings. The SMILES string of the molecule is CCN(CC)C(=O)CC(CN)c1c(Cl)cccc1Cl. The van der Waals surface area contributed by atoms with Crippen LogP contribution in [-0.4, -0.2) is 30.4 Å². The van der Waals surface area contributed by atoms with Gasteiger partial charge in [-0.1, -0.05) is 29.3 Å². The van der Waals surface area contributed by atoms with Crippen LogP contribution in [0.25, 0.3) is 0 Å². The summed E-state index contributed by atoms with van der Waals surface area (Å²) < 4.78 is 0. The number of nitrogens with two attached hydrogens (primary N) is 1. The number of carbonyl (C=O) groups is 1. The van der Waals surface area contributed by atoms with E-state index in [1.807, 2.05) is 13.8 Å². The molecule has 0 bridgehead atoms. The Morgan fingerprint density at radius 2 is 1.79 bits per heavy atom. The summed E-state index contributed by atoms with van der Waals surface area (Å²) in [4.78, 5) is 13.9. The first-order valence-corrected chi connectivity index (χ1v) is 7.22. The van der Waals surface area contributed by atoms with Gasteiger partial charge in [0.1, 0.15) is 0 Å². The molecule has 0 aliphatic heterocycles. The van der Waals surface area contributed by atoms with Gasteiger partial charge in [-0.3, -0.25) is 4.79 Å². The third-order valence-corrected chi connectivity index (χ3v) is 3.89. The number of hydrogen-bond donors (Lipinski definition) is 1. The van der Waals surface area contributed by atoms with Crippen LogP contribution < -0.4 is 5.73 Å². The van der Waals surface area contributed by atoms with Gasteiger partial charge >= 0.3 is 0 Å². The second-order valence-electron chi connectivity index (χ2n) is 4.34. The van der Waals surface area contributed by atoms with Gasteiger partial charge in [0, 0.05) is 35.5 Å². The fourth-order valence-electron chi connectivity index (χ4n) is 2.12. The topological polar surface area (TPSA) is 46.3 Å². The molecular formula is C14H20Cl2N2O. The summed E-state index contributed by atoms with van der Waals surface area (Å²) in [5.41, 5.74) is 6.56. The summed E-state index contributed by atoms with van der Waals surface area (Å²) in [6, 6.07) is 5.33. The van der Waals surface area contributed by atoms with Crippen molar-refractivity contribution in [3.63, 3.8) is 0 Å². The van der Waals surface area contributed by atoms with Crippen molar-refractivity contribution in [2.45, 2.75) is 26.2 Å². The number of amides is 1. The third-order valence-electron chi connectivity index (χ3n) is 3.23. The Morgan fingerprint density at radius 3 is 2.21 bits per heavy atom. The van der Waals surface area contributed by atoms with E-state index in [-0.39, 0.29) is 11.8 Å². The maximum absolute atomic E-state index is 12.2. The molecule has 0 spiro atoms. The van der Waals surface area contributed by atoms with Crippen LogP contribution in [-0.2, 0) is 4.79 Å². The van der Waals surface area contributed by atoms with Crippen LogP contribution in [0.5, 0.6) is 0 Å². The lowest BCUT2D eigenvalue weighted by Gasteiger charge is -2.23. The minimum Gasteiger partial charge on any atom is -0.343 e. The Hall–Kier alpha value is -0.770. The first-order chi connectivity index (χ1) is 9.04. The number of benzene rings is 1. The molecule has 0 aliphatic rings. The van der Waals surface area contributed by atoms with Gasteiger partial charge in [0.2, 0.25) is 5.91 Å². The number of hydrogen-bond acceptors (Lipinski definition) is 2. The van der Waals surface area contributed by atoms with Gasteiger partial charge in [0.05, 0.1) is 0 Å². The van der Waals surface area contributed by atoms with Gasteiger partial charge < -0.3 is 10.6 Å². The van der Waals surface area contributed by atoms with Gasteiger partial charge in [-0.2, -0.15) is 0 Å². The first-order valence-electron chi connectivity index (χ1n) is 6.46. The smallest absolute Gasteiger partial charge is 0.223 e. The first kappa shape index (κ1) is 16.3. The Balaban J connectivity index is 2.93. The van der Waals surface area contributed by atoms with E-state index >= 15 is 0 Å². The number of halogens is 2. The molecule has 0 aliphatic carbocycles. The van der Waals surface area contributed by atoms with E-state index in [2.05, 4.69) is 0 Å². The summed E-state index contributed by atoms with van der Waals surface area (Å²) in [5, 5.41) is 1.13. The van der Waals surface area contributed by atoms with Crippen molar-refractivity contribution in [2.75, 3.05) is 19.6 Å². The van der Waals surface area contributed by atoms with Crippen molar-refractivity contribution in [3.8, 4) is 0 Å². The van der Waals surface area contributed by atoms with E-state index in [1.165, 1.54) is 0 Å². The summed E-state index contributed by atoms with van der Waals surface area (Å²) in [5.74, 6) is -0.0641. The fourth-order valence-corrected chi connectivity index (χ4v) is 2.83. The van der Waals surface area contributed by atoms with Gasteiger partial charge in [-0.25, -0.2) is 0 Å². The Bertz CT molecular complexity index is 413. The largest absolute Gasteiger partial charge is 0.343 e. The molecule has 0 heterocycles. The second-order valence-corrected chi connectivity index (χ2v) is 5.15. The fraction of sp³-hybridized carbons (Fsp3) is 0.500. The molecule has 0 fully saturated rings. The molecule has 106 valence electrons. The third kappa shape index (κ3) is 4.10. The molecule has 1 rings (SSSR count). The summed E-state index contributed by atoms with van der Waals surface area (Å²) in [7, 11) is 0. The van der Waals surface area contributed by atoms with Crippen LogP contribution in [0.3, 0.4) is 0 Å². The highest BCUT2D eigenvalue weighted by Gasteiger charge is 2.22. The lowest BCUT2D eigenvalue weighted by molar-refractivity contribution is -0.131. The van der Waals surface area contributed by atoms with E-state index < -0.39 is 0 Å². The van der Waals surface area contributed by atoms with Crippen LogP contribution in [0.2, 0.25) is 10.0 Å². The van der Waals surface area contributed by atoms with Crippen molar-refractivity contribution in [1.82, 2.24) is 4.90 Å². The summed E-state index contributed by atoms with van der Waals surface area (Å²) in [6.45, 7) is 5.66. The normalized spacial score (nSPS) is 12.3. The van der Waals surface area contributed by atoms with Crippen LogP contribution in [0.15, 0.2) is 18.2 Å². The average molecular weight is 303 g/mol. The highest BCUT2D eigenvalue weighted by Crippen LogP contribution is 2.33. The second kappa shape index (κ2) is 7.73. The average Bonchev–Trinajstić information content (AvgIpc) is 2.38. The van der Waals surface area contributed by atoms with Gasteiger partial charge in [-0.15, -0.1) is 0 Å². The van der Waals surface area contributed by atoms with Gasteiger partial charge in [0.25, 0.3) is 0 Å². The Morgan fingerprint density at radius 1 is 1.26 bits per heavy atom. The Kier molecular flexibility index (Phi) is 6.63. The van der Waals surface area contributed by atoms with Crippen molar-refractivity contribution in [1.29, 1.82) is 0 Å². The van der Waals surface area contributed by atoms with E-state index in [0.29, 0.717) is 36.1 Å². The zero-order valence-corrected chi connectivity index (χ0v) is 12.8. The lowest BCUT2D eigenvalue weighted by Crippen LogP contribution is -2.32. The molecule has 1 unspecified atom stereocenters. The van der Waals surface area contributed by atoms with Gasteiger partial charge in [0.15, 0.2) is 0 Å². The molecule has 0 aromatic heterocycles. The van der Waals surface area contributed by atoms with Crippen LogP contribution in [0.1, 0.15) is 31.7 Å². The molecule has 0 saturated carbocycles. The lowest BCUT2D eigenvalue weighted by atomic mass is 9.95. The predicted octanol–water partition coefficient (Wildman–Crippen LogP) is 3.29. The van der Waals surface area contributed by atoms with E-state index in [0.717, 1.165) is 5.56 Å². The van der Waals surface area contributed by atoms with E-state index in [4.69, 9.17) is 28.9 Å². The van der Waals surface area contributed by atoms with Crippen molar-refractivity contribution >= 4 is 29.1 Å². The molecule has 1 atom stereocenters. The summed E-state index contributed by atoms with van der Waals surface area (Å²) >= 11 is 12.3. The molecule has 1 amide bonds. The van der Waals surface area contributed by atoms with E-state index in [1.54, 1.807) is 23.1 Å². The van der Waals surface area contributed by atoms with Crippen molar-refractivity contribution in [3.05, 3.63) is 33.8 Å². The molecule has 1 aromatic carbocycles.